The van der Waals surface area contributed by atoms with E-state index >= 15 is 0 Å². The molecule has 0 spiro atoms. The number of rotatable bonds is 10. The Kier molecular flexibility index (Phi) is 7.21. The van der Waals surface area contributed by atoms with E-state index < -0.39 is 0 Å². The first-order chi connectivity index (χ1) is 16.4. The summed E-state index contributed by atoms with van der Waals surface area (Å²) in [5.74, 6) is 0. The zero-order chi connectivity index (χ0) is 24.6. The molecule has 0 fully saturated rings. The van der Waals surface area contributed by atoms with Gasteiger partial charge in [-0.25, -0.2) is 0 Å². The molecule has 0 aliphatic carbocycles. The van der Waals surface area contributed by atoms with Crippen LogP contribution in [0.5, 0.6) is 0 Å². The van der Waals surface area contributed by atoms with E-state index in [-0.39, 0.29) is 10.8 Å². The van der Waals surface area contributed by atoms with Crippen molar-refractivity contribution >= 4 is 17.1 Å². The molecule has 0 radical (unpaired) electrons. The highest BCUT2D eigenvalue weighted by molar-refractivity contribution is 5.85. The molecule has 34 heavy (non-hydrogen) atoms. The van der Waals surface area contributed by atoms with E-state index in [1.165, 1.54) is 81.3 Å². The van der Waals surface area contributed by atoms with Crippen molar-refractivity contribution in [2.24, 2.45) is 5.41 Å². The summed E-state index contributed by atoms with van der Waals surface area (Å²) >= 11 is 0. The Hall–Kier alpha value is -1.80. The molecule has 0 N–H and O–H groups in total. The number of hydrogen-bond donors (Lipinski definition) is 0. The Morgan fingerprint density at radius 1 is 0.824 bits per heavy atom. The first-order valence-electron chi connectivity index (χ1n) is 14.3. The van der Waals surface area contributed by atoms with Crippen molar-refractivity contribution in [3.63, 3.8) is 0 Å². The molecule has 0 aromatic heterocycles. The summed E-state index contributed by atoms with van der Waals surface area (Å²) < 4.78 is 1.06. The van der Waals surface area contributed by atoms with Gasteiger partial charge in [0.1, 0.15) is 5.69 Å². The van der Waals surface area contributed by atoms with E-state index in [9.17, 15) is 0 Å². The molecule has 2 aromatic rings. The van der Waals surface area contributed by atoms with Crippen molar-refractivity contribution in [2.75, 3.05) is 18.5 Å². The van der Waals surface area contributed by atoms with Crippen LogP contribution in [0.3, 0.4) is 0 Å². The van der Waals surface area contributed by atoms with E-state index in [2.05, 4.69) is 96.0 Å². The lowest BCUT2D eigenvalue weighted by Gasteiger charge is -2.60. The summed E-state index contributed by atoms with van der Waals surface area (Å²) in [6.07, 6.45) is 11.7. The molecule has 0 saturated heterocycles. The molecule has 3 atom stereocenters. The summed E-state index contributed by atoms with van der Waals surface area (Å²) in [7, 11) is 2.58. The van der Waals surface area contributed by atoms with Crippen molar-refractivity contribution in [3.8, 4) is 0 Å². The quantitative estimate of drug-likeness (QED) is 0.252. The lowest BCUT2D eigenvalue weighted by Crippen LogP contribution is -2.70. The van der Waals surface area contributed by atoms with Gasteiger partial charge in [0.05, 0.1) is 24.7 Å². The van der Waals surface area contributed by atoms with Crippen LogP contribution in [-0.4, -0.2) is 19.8 Å². The van der Waals surface area contributed by atoms with Crippen molar-refractivity contribution < 1.29 is 0 Å². The highest BCUT2D eigenvalue weighted by atomic mass is 15.5. The van der Waals surface area contributed by atoms with Gasteiger partial charge < -0.3 is 0 Å². The van der Waals surface area contributed by atoms with E-state index in [0.29, 0.717) is 6.17 Å². The molecule has 0 bridgehead atoms. The van der Waals surface area contributed by atoms with Crippen LogP contribution in [0.2, 0.25) is 0 Å². The van der Waals surface area contributed by atoms with E-state index in [0.717, 1.165) is 4.48 Å². The van der Waals surface area contributed by atoms with Gasteiger partial charge in [-0.15, -0.1) is 0 Å². The van der Waals surface area contributed by atoms with Crippen LogP contribution in [0.1, 0.15) is 104 Å². The maximum absolute atomic E-state index is 2.80. The summed E-state index contributed by atoms with van der Waals surface area (Å²) in [5.41, 5.74) is 7.92. The second kappa shape index (κ2) is 9.69. The van der Waals surface area contributed by atoms with Crippen molar-refractivity contribution in [2.45, 2.75) is 111 Å². The van der Waals surface area contributed by atoms with E-state index in [1.807, 2.05) is 0 Å². The maximum atomic E-state index is 2.80. The molecule has 186 valence electrons. The van der Waals surface area contributed by atoms with Gasteiger partial charge in [-0.1, -0.05) is 78.6 Å². The molecule has 0 amide bonds. The average Bonchev–Trinajstić information content (AvgIpc) is 3.12. The van der Waals surface area contributed by atoms with Gasteiger partial charge in [0.2, 0.25) is 0 Å². The third kappa shape index (κ3) is 3.47. The number of para-hydroxylation sites is 1. The van der Waals surface area contributed by atoms with Crippen LogP contribution in [0, 0.1) is 5.41 Å². The maximum Gasteiger partial charge on any atom is 0.180 e. The van der Waals surface area contributed by atoms with Crippen LogP contribution < -0.4 is 9.38 Å². The summed E-state index contributed by atoms with van der Waals surface area (Å²) in [6.45, 7) is 15.8. The largest absolute Gasteiger partial charge is 0.285 e. The molecule has 0 saturated carbocycles. The minimum absolute atomic E-state index is 0.158. The summed E-state index contributed by atoms with van der Waals surface area (Å²) in [5, 5.41) is 0. The number of hydrogen-bond acceptors (Lipinski definition) is 1. The minimum atomic E-state index is 0.158. The molecule has 3 unspecified atom stereocenters. The first-order valence-corrected chi connectivity index (χ1v) is 14.3. The fraction of sp³-hybridized carbons (Fsp3) is 0.625. The fourth-order valence-electron chi connectivity index (χ4n) is 7.87. The number of benzene rings is 2. The lowest BCUT2D eigenvalue weighted by molar-refractivity contribution is 0.00350. The smallest absolute Gasteiger partial charge is 0.180 e. The number of aryl methyl sites for hydroxylation is 1. The molecule has 2 nitrogen and oxygen atoms in total. The van der Waals surface area contributed by atoms with Crippen LogP contribution in [0.15, 0.2) is 42.5 Å². The number of quaternary nitrogens is 1. The highest BCUT2D eigenvalue weighted by Crippen LogP contribution is 2.66. The molecular weight excluding hydrogens is 412 g/mol. The van der Waals surface area contributed by atoms with E-state index in [4.69, 9.17) is 0 Å². The van der Waals surface area contributed by atoms with Gasteiger partial charge in [0, 0.05) is 11.5 Å². The third-order valence-corrected chi connectivity index (χ3v) is 10.00. The van der Waals surface area contributed by atoms with Crippen molar-refractivity contribution in [1.82, 2.24) is 4.48 Å². The van der Waals surface area contributed by atoms with Crippen LogP contribution in [0.25, 0.3) is 0 Å². The molecular formula is C32H49N2+. The van der Waals surface area contributed by atoms with Gasteiger partial charge in [-0.2, -0.15) is 0 Å². The minimum Gasteiger partial charge on any atom is -0.285 e. The molecule has 2 heterocycles. The second-order valence-electron chi connectivity index (χ2n) is 11.4. The van der Waals surface area contributed by atoms with Crippen LogP contribution >= 0.6 is 0 Å². The molecule has 4 rings (SSSR count). The van der Waals surface area contributed by atoms with Crippen LogP contribution in [0.4, 0.5) is 17.1 Å². The SMILES string of the molecule is CCCCC[N+]1(C)c2cc(CCCC)ccc2N2c3ccccc3C(C)(CC)C(CC)(CC)C21. The Labute approximate surface area is 210 Å². The van der Waals surface area contributed by atoms with Crippen LogP contribution in [-0.2, 0) is 11.8 Å². The average molecular weight is 462 g/mol. The summed E-state index contributed by atoms with van der Waals surface area (Å²) in [4.78, 5) is 2.80. The molecule has 2 heteroatoms. The summed E-state index contributed by atoms with van der Waals surface area (Å²) in [6, 6.07) is 16.8. The topological polar surface area (TPSA) is 3.24 Å². The fourth-order valence-corrected chi connectivity index (χ4v) is 7.87. The number of fused-ring (bicyclic) bond motifs is 5. The van der Waals surface area contributed by atoms with Gasteiger partial charge in [0.15, 0.2) is 11.9 Å². The van der Waals surface area contributed by atoms with E-state index in [1.54, 1.807) is 11.3 Å². The van der Waals surface area contributed by atoms with Gasteiger partial charge >= 0.3 is 0 Å². The monoisotopic (exact) mass is 461 g/mol. The second-order valence-corrected chi connectivity index (χ2v) is 11.4. The highest BCUT2D eigenvalue weighted by Gasteiger charge is 2.67. The standard InChI is InChI=1S/C32H49N2/c1-8-13-17-23-34(7)29-24-25(18-14-9-2)21-22-28(29)33-27-20-16-15-19-26(27)31(6,10-3)32(11-4,12-5)30(33)34/h15-16,19-22,24,30H,8-14,17-18,23H2,1-7H3/q+1. The molecule has 2 aliphatic rings. The third-order valence-electron chi connectivity index (χ3n) is 10.00. The Morgan fingerprint density at radius 2 is 1.53 bits per heavy atom. The zero-order valence-corrected chi connectivity index (χ0v) is 23.1. The predicted octanol–water partition coefficient (Wildman–Crippen LogP) is 9.12. The Bertz CT molecular complexity index is 990. The number of nitrogens with zero attached hydrogens (tertiary/aromatic N) is 2. The van der Waals surface area contributed by atoms with Crippen molar-refractivity contribution in [3.05, 3.63) is 53.6 Å². The number of anilines is 2. The van der Waals surface area contributed by atoms with Gasteiger partial charge in [-0.05, 0) is 68.2 Å². The Morgan fingerprint density at radius 3 is 2.18 bits per heavy atom. The Balaban J connectivity index is 2.00. The zero-order valence-electron chi connectivity index (χ0n) is 23.1. The normalized spacial score (nSPS) is 26.8. The predicted molar refractivity (Wildman–Crippen MR) is 150 cm³/mol. The number of unbranched alkanes of at least 4 members (excludes halogenated alkanes) is 3. The first kappa shape index (κ1) is 25.3. The molecule has 2 aliphatic heterocycles. The van der Waals surface area contributed by atoms with Gasteiger partial charge in [-0.3, -0.25) is 9.38 Å². The molecule has 2 aromatic carbocycles. The van der Waals surface area contributed by atoms with Crippen molar-refractivity contribution in [1.29, 1.82) is 0 Å². The lowest BCUT2D eigenvalue weighted by atomic mass is 9.52. The van der Waals surface area contributed by atoms with Gasteiger partial charge in [0.25, 0.3) is 0 Å².